The van der Waals surface area contributed by atoms with Crippen LogP contribution in [0.2, 0.25) is 0 Å². The van der Waals surface area contributed by atoms with E-state index in [0.29, 0.717) is 5.56 Å². The Bertz CT molecular complexity index is 485. The summed E-state index contributed by atoms with van der Waals surface area (Å²) in [4.78, 5) is 11.6. The van der Waals surface area contributed by atoms with Crippen LogP contribution >= 0.6 is 0 Å². The lowest BCUT2D eigenvalue weighted by Gasteiger charge is -2.30. The molecule has 6 heteroatoms. The number of rotatable bonds is 4. The van der Waals surface area contributed by atoms with E-state index in [9.17, 15) is 18.0 Å². The van der Waals surface area contributed by atoms with Crippen LogP contribution < -0.4 is 11.1 Å². The lowest BCUT2D eigenvalue weighted by atomic mass is 9.87. The second-order valence-corrected chi connectivity index (χ2v) is 4.78. The summed E-state index contributed by atoms with van der Waals surface area (Å²) >= 11 is 0. The number of aryl methyl sites for hydroxylation is 2. The Balaban J connectivity index is 3.15. The zero-order valence-electron chi connectivity index (χ0n) is 11.1. The normalized spacial score (nSPS) is 15.1. The van der Waals surface area contributed by atoms with Crippen molar-refractivity contribution < 1.29 is 18.0 Å². The van der Waals surface area contributed by atoms with Crippen LogP contribution in [0, 0.1) is 13.8 Å². The average Bonchev–Trinajstić information content (AvgIpc) is 2.24. The predicted molar refractivity (Wildman–Crippen MR) is 66.5 cm³/mol. The van der Waals surface area contributed by atoms with Crippen molar-refractivity contribution in [1.82, 2.24) is 5.32 Å². The van der Waals surface area contributed by atoms with Crippen molar-refractivity contribution in [3.63, 3.8) is 0 Å². The zero-order chi connectivity index (χ0) is 14.8. The highest BCUT2D eigenvalue weighted by atomic mass is 19.4. The predicted octanol–water partition coefficient (Wildman–Crippen LogP) is 2.16. The number of benzene rings is 1. The molecule has 1 amide bonds. The van der Waals surface area contributed by atoms with Crippen molar-refractivity contribution in [2.75, 3.05) is 6.54 Å². The third-order valence-electron chi connectivity index (χ3n) is 3.06. The van der Waals surface area contributed by atoms with Gasteiger partial charge in [-0.05, 0) is 31.9 Å². The molecule has 3 N–H and O–H groups in total. The molecule has 1 atom stereocenters. The number of nitrogens with two attached hydrogens (primary N) is 1. The smallest absolute Gasteiger partial charge is 0.368 e. The zero-order valence-corrected chi connectivity index (χ0v) is 11.1. The van der Waals surface area contributed by atoms with Gasteiger partial charge < -0.3 is 5.73 Å². The highest BCUT2D eigenvalue weighted by molar-refractivity contribution is 5.86. The molecule has 0 aliphatic carbocycles. The molecular weight excluding hydrogens is 257 g/mol. The van der Waals surface area contributed by atoms with Crippen molar-refractivity contribution in [2.45, 2.75) is 32.5 Å². The Morgan fingerprint density at radius 3 is 2.32 bits per heavy atom. The first-order valence-electron chi connectivity index (χ1n) is 5.75. The summed E-state index contributed by atoms with van der Waals surface area (Å²) < 4.78 is 36.9. The number of hydrogen-bond donors (Lipinski definition) is 2. The number of alkyl halides is 3. The summed E-state index contributed by atoms with van der Waals surface area (Å²) in [7, 11) is 0. The van der Waals surface area contributed by atoms with Crippen molar-refractivity contribution in [3.8, 4) is 0 Å². The number of carbonyl (C=O) groups is 1. The summed E-state index contributed by atoms with van der Waals surface area (Å²) in [5.41, 5.74) is 5.86. The van der Waals surface area contributed by atoms with E-state index in [-0.39, 0.29) is 0 Å². The van der Waals surface area contributed by atoms with Crippen molar-refractivity contribution in [3.05, 3.63) is 34.9 Å². The van der Waals surface area contributed by atoms with Gasteiger partial charge in [0.2, 0.25) is 5.91 Å². The standard InChI is InChI=1S/C13H17F3N2O/c1-8-4-5-10(9(2)6-8)12(3,11(17)19)18-7-13(14,15)16/h4-6,18H,7H2,1-3H3,(H2,17,19). The summed E-state index contributed by atoms with van der Waals surface area (Å²) in [6.45, 7) is 3.68. The Labute approximate surface area is 110 Å². The summed E-state index contributed by atoms with van der Waals surface area (Å²) in [6.07, 6.45) is -4.41. The number of halogens is 3. The Hall–Kier alpha value is -1.56. The van der Waals surface area contributed by atoms with E-state index in [0.717, 1.165) is 11.1 Å². The first kappa shape index (κ1) is 15.5. The molecule has 0 saturated carbocycles. The molecule has 19 heavy (non-hydrogen) atoms. The highest BCUT2D eigenvalue weighted by Gasteiger charge is 2.38. The molecule has 0 bridgehead atoms. The maximum atomic E-state index is 12.3. The van der Waals surface area contributed by atoms with Crippen LogP contribution in [0.5, 0.6) is 0 Å². The molecule has 0 aliphatic heterocycles. The van der Waals surface area contributed by atoms with Crippen LogP contribution in [0.25, 0.3) is 0 Å². The second-order valence-electron chi connectivity index (χ2n) is 4.78. The molecule has 0 spiro atoms. The molecule has 1 aromatic rings. The van der Waals surface area contributed by atoms with Crippen LogP contribution in [0.15, 0.2) is 18.2 Å². The number of amides is 1. The van der Waals surface area contributed by atoms with E-state index >= 15 is 0 Å². The van der Waals surface area contributed by atoms with Crippen molar-refractivity contribution >= 4 is 5.91 Å². The molecule has 0 radical (unpaired) electrons. The van der Waals surface area contributed by atoms with Gasteiger partial charge in [0.15, 0.2) is 0 Å². The van der Waals surface area contributed by atoms with Gasteiger partial charge in [0.25, 0.3) is 0 Å². The van der Waals surface area contributed by atoms with Gasteiger partial charge in [0, 0.05) is 0 Å². The van der Waals surface area contributed by atoms with Gasteiger partial charge in [-0.1, -0.05) is 23.8 Å². The molecule has 0 aliphatic rings. The van der Waals surface area contributed by atoms with Crippen LogP contribution in [0.3, 0.4) is 0 Å². The molecule has 0 fully saturated rings. The monoisotopic (exact) mass is 274 g/mol. The fourth-order valence-corrected chi connectivity index (χ4v) is 1.97. The number of hydrogen-bond acceptors (Lipinski definition) is 2. The highest BCUT2D eigenvalue weighted by Crippen LogP contribution is 2.26. The first-order valence-corrected chi connectivity index (χ1v) is 5.75. The van der Waals surface area contributed by atoms with Crippen LogP contribution in [-0.2, 0) is 10.3 Å². The molecule has 0 saturated heterocycles. The van der Waals surface area contributed by atoms with Crippen LogP contribution in [-0.4, -0.2) is 18.6 Å². The molecule has 106 valence electrons. The minimum Gasteiger partial charge on any atom is -0.368 e. The topological polar surface area (TPSA) is 55.1 Å². The number of primary amides is 1. The molecule has 1 rings (SSSR count). The lowest BCUT2D eigenvalue weighted by molar-refractivity contribution is -0.135. The van der Waals surface area contributed by atoms with Crippen LogP contribution in [0.4, 0.5) is 13.2 Å². The van der Waals surface area contributed by atoms with E-state index in [1.54, 1.807) is 25.1 Å². The van der Waals surface area contributed by atoms with Crippen LogP contribution in [0.1, 0.15) is 23.6 Å². The Kier molecular flexibility index (Phi) is 4.25. The van der Waals surface area contributed by atoms with E-state index in [2.05, 4.69) is 5.32 Å². The fourth-order valence-electron chi connectivity index (χ4n) is 1.97. The summed E-state index contributed by atoms with van der Waals surface area (Å²) in [5, 5.41) is 2.21. The minimum absolute atomic E-state index is 0.454. The van der Waals surface area contributed by atoms with Gasteiger partial charge >= 0.3 is 6.18 Å². The second kappa shape index (κ2) is 5.21. The largest absolute Gasteiger partial charge is 0.401 e. The molecule has 0 heterocycles. The van der Waals surface area contributed by atoms with E-state index in [4.69, 9.17) is 5.73 Å². The van der Waals surface area contributed by atoms with Gasteiger partial charge in [0.1, 0.15) is 5.54 Å². The average molecular weight is 274 g/mol. The number of carbonyl (C=O) groups excluding carboxylic acids is 1. The molecular formula is C13H17F3N2O. The fraction of sp³-hybridized carbons (Fsp3) is 0.462. The maximum absolute atomic E-state index is 12.3. The lowest BCUT2D eigenvalue weighted by Crippen LogP contribution is -2.53. The first-order chi connectivity index (χ1) is 8.56. The molecule has 0 aromatic heterocycles. The molecule has 1 aromatic carbocycles. The molecule has 1 unspecified atom stereocenters. The Morgan fingerprint density at radius 1 is 1.32 bits per heavy atom. The van der Waals surface area contributed by atoms with Crippen molar-refractivity contribution in [1.29, 1.82) is 0 Å². The van der Waals surface area contributed by atoms with Gasteiger partial charge in [-0.3, -0.25) is 10.1 Å². The van der Waals surface area contributed by atoms with Crippen molar-refractivity contribution in [2.24, 2.45) is 5.73 Å². The van der Waals surface area contributed by atoms with Gasteiger partial charge in [-0.2, -0.15) is 13.2 Å². The maximum Gasteiger partial charge on any atom is 0.401 e. The van der Waals surface area contributed by atoms with E-state index < -0.39 is 24.2 Å². The van der Waals surface area contributed by atoms with E-state index in [1.165, 1.54) is 6.92 Å². The van der Waals surface area contributed by atoms with E-state index in [1.807, 2.05) is 6.92 Å². The number of nitrogens with one attached hydrogen (secondary N) is 1. The quantitative estimate of drug-likeness (QED) is 0.884. The van der Waals surface area contributed by atoms with Gasteiger partial charge in [-0.25, -0.2) is 0 Å². The van der Waals surface area contributed by atoms with Gasteiger partial charge in [-0.15, -0.1) is 0 Å². The minimum atomic E-state index is -4.41. The SMILES string of the molecule is Cc1ccc(C(C)(NCC(F)(F)F)C(N)=O)c(C)c1. The third kappa shape index (κ3) is 3.70. The molecule has 3 nitrogen and oxygen atoms in total. The Morgan fingerprint density at radius 2 is 1.89 bits per heavy atom. The summed E-state index contributed by atoms with van der Waals surface area (Å²) in [6, 6.07) is 5.16. The third-order valence-corrected chi connectivity index (χ3v) is 3.06. The summed E-state index contributed by atoms with van der Waals surface area (Å²) in [5.74, 6) is -0.844. The van der Waals surface area contributed by atoms with Gasteiger partial charge in [0.05, 0.1) is 6.54 Å².